The molecule has 32 heavy (non-hydrogen) atoms. The van der Waals surface area contributed by atoms with E-state index in [1.165, 1.54) is 19.2 Å². The molecule has 0 radical (unpaired) electrons. The number of rotatable bonds is 5. The van der Waals surface area contributed by atoms with Crippen LogP contribution in [0.3, 0.4) is 0 Å². The number of alkyl halides is 3. The normalized spacial score (nSPS) is 17.9. The summed E-state index contributed by atoms with van der Waals surface area (Å²) in [6, 6.07) is 11.3. The summed E-state index contributed by atoms with van der Waals surface area (Å²) >= 11 is 0. The Balaban J connectivity index is 1.59. The number of piperidine rings is 1. The third-order valence-electron chi connectivity index (χ3n) is 5.31. The van der Waals surface area contributed by atoms with Crippen LogP contribution in [0.15, 0.2) is 57.9 Å². The van der Waals surface area contributed by atoms with Gasteiger partial charge >= 0.3 is 6.18 Å². The van der Waals surface area contributed by atoms with Crippen LogP contribution in [0.25, 0.3) is 11.4 Å². The molecule has 1 unspecified atom stereocenters. The molecule has 1 fully saturated rings. The molecular weight excluding hydrogens is 447 g/mol. The molecule has 0 amide bonds. The Labute approximate surface area is 182 Å². The van der Waals surface area contributed by atoms with Crippen molar-refractivity contribution in [3.8, 4) is 17.1 Å². The molecule has 0 bridgehead atoms. The van der Waals surface area contributed by atoms with E-state index in [0.717, 1.165) is 16.4 Å². The lowest BCUT2D eigenvalue weighted by Crippen LogP contribution is -2.39. The minimum absolute atomic E-state index is 0.0474. The first-order chi connectivity index (χ1) is 15.2. The van der Waals surface area contributed by atoms with Crippen molar-refractivity contribution < 1.29 is 30.8 Å². The summed E-state index contributed by atoms with van der Waals surface area (Å²) in [7, 11) is -2.83. The van der Waals surface area contributed by atoms with Gasteiger partial charge in [0.15, 0.2) is 0 Å². The Morgan fingerprint density at radius 1 is 1.16 bits per heavy atom. The molecule has 1 atom stereocenters. The number of hydrogen-bond donors (Lipinski definition) is 0. The van der Waals surface area contributed by atoms with Gasteiger partial charge in [-0.25, -0.2) is 8.42 Å². The van der Waals surface area contributed by atoms with Gasteiger partial charge in [-0.15, -0.1) is 0 Å². The van der Waals surface area contributed by atoms with E-state index in [2.05, 4.69) is 10.1 Å². The SMILES string of the molecule is COc1cccc(-c2noc(C3CCCN(S(=O)(=O)c4ccccc4C(F)(F)F)C3)n2)c1. The third-order valence-corrected chi connectivity index (χ3v) is 7.24. The minimum atomic E-state index is -4.78. The van der Waals surface area contributed by atoms with Gasteiger partial charge in [0.05, 0.1) is 23.5 Å². The number of hydrogen-bond acceptors (Lipinski definition) is 6. The Morgan fingerprint density at radius 2 is 1.94 bits per heavy atom. The van der Waals surface area contributed by atoms with E-state index in [9.17, 15) is 21.6 Å². The Kier molecular flexibility index (Phi) is 5.95. The molecular formula is C21H20F3N3O4S. The van der Waals surface area contributed by atoms with E-state index in [-0.39, 0.29) is 19.0 Å². The fourth-order valence-corrected chi connectivity index (χ4v) is 5.44. The van der Waals surface area contributed by atoms with Crippen molar-refractivity contribution in [2.45, 2.75) is 29.8 Å². The second kappa shape index (κ2) is 8.55. The molecule has 2 heterocycles. The lowest BCUT2D eigenvalue weighted by Gasteiger charge is -2.30. The predicted molar refractivity (Wildman–Crippen MR) is 108 cm³/mol. The number of methoxy groups -OCH3 is 1. The van der Waals surface area contributed by atoms with Crippen LogP contribution < -0.4 is 4.74 Å². The molecule has 11 heteroatoms. The zero-order chi connectivity index (χ0) is 22.9. The van der Waals surface area contributed by atoms with Crippen LogP contribution >= 0.6 is 0 Å². The summed E-state index contributed by atoms with van der Waals surface area (Å²) in [5.41, 5.74) is -0.515. The average Bonchev–Trinajstić information content (AvgIpc) is 3.29. The third kappa shape index (κ3) is 4.35. The highest BCUT2D eigenvalue weighted by atomic mass is 32.2. The van der Waals surface area contributed by atoms with E-state index < -0.39 is 32.6 Å². The van der Waals surface area contributed by atoms with E-state index in [0.29, 0.717) is 30.0 Å². The molecule has 3 aromatic rings. The molecule has 2 aromatic carbocycles. The van der Waals surface area contributed by atoms with Crippen molar-refractivity contribution in [1.29, 1.82) is 0 Å². The summed E-state index contributed by atoms with van der Waals surface area (Å²) in [4.78, 5) is 3.64. The maximum atomic E-state index is 13.4. The monoisotopic (exact) mass is 467 g/mol. The Hall–Kier alpha value is -2.92. The molecule has 1 aliphatic rings. The average molecular weight is 467 g/mol. The van der Waals surface area contributed by atoms with E-state index in [1.807, 2.05) is 0 Å². The lowest BCUT2D eigenvalue weighted by atomic mass is 10.00. The zero-order valence-corrected chi connectivity index (χ0v) is 17.9. The summed E-state index contributed by atoms with van der Waals surface area (Å²) < 4.78 is 77.9. The number of ether oxygens (including phenoxy) is 1. The summed E-state index contributed by atoms with van der Waals surface area (Å²) in [5, 5.41) is 3.97. The number of sulfonamides is 1. The second-order valence-electron chi connectivity index (χ2n) is 7.38. The molecule has 4 rings (SSSR count). The van der Waals surface area contributed by atoms with Crippen molar-refractivity contribution in [3.05, 3.63) is 60.0 Å². The largest absolute Gasteiger partial charge is 0.497 e. The van der Waals surface area contributed by atoms with Gasteiger partial charge in [-0.05, 0) is 37.1 Å². The van der Waals surface area contributed by atoms with Gasteiger partial charge in [0, 0.05) is 18.7 Å². The van der Waals surface area contributed by atoms with E-state index in [1.54, 1.807) is 24.3 Å². The Morgan fingerprint density at radius 3 is 2.69 bits per heavy atom. The van der Waals surface area contributed by atoms with Crippen LogP contribution in [-0.2, 0) is 16.2 Å². The number of aromatic nitrogens is 2. The number of benzene rings is 2. The predicted octanol–water partition coefficient (Wildman–Crippen LogP) is 4.33. The summed E-state index contributed by atoms with van der Waals surface area (Å²) in [6.07, 6.45) is -3.75. The van der Waals surface area contributed by atoms with Gasteiger partial charge in [-0.2, -0.15) is 22.5 Å². The fourth-order valence-electron chi connectivity index (χ4n) is 3.71. The highest BCUT2D eigenvalue weighted by molar-refractivity contribution is 7.89. The first-order valence-electron chi connectivity index (χ1n) is 9.84. The molecule has 1 aliphatic heterocycles. The lowest BCUT2D eigenvalue weighted by molar-refractivity contribution is -0.139. The van der Waals surface area contributed by atoms with Gasteiger partial charge in [-0.1, -0.05) is 29.4 Å². The topological polar surface area (TPSA) is 85.5 Å². The van der Waals surface area contributed by atoms with Gasteiger partial charge < -0.3 is 9.26 Å². The van der Waals surface area contributed by atoms with Crippen LogP contribution in [-0.4, -0.2) is 43.1 Å². The van der Waals surface area contributed by atoms with Gasteiger partial charge in [0.1, 0.15) is 5.75 Å². The van der Waals surface area contributed by atoms with E-state index in [4.69, 9.17) is 9.26 Å². The standard InChI is InChI=1S/C21H20F3N3O4S/c1-30-16-8-4-6-14(12-16)19-25-20(31-26-19)15-7-5-11-27(13-15)32(28,29)18-10-3-2-9-17(18)21(22,23)24/h2-4,6,8-10,12,15H,5,7,11,13H2,1H3. The highest BCUT2D eigenvalue weighted by Crippen LogP contribution is 2.37. The van der Waals surface area contributed by atoms with Gasteiger partial charge in [-0.3, -0.25) is 0 Å². The van der Waals surface area contributed by atoms with E-state index >= 15 is 0 Å². The first-order valence-corrected chi connectivity index (χ1v) is 11.3. The Bertz CT molecular complexity index is 1210. The second-order valence-corrected chi connectivity index (χ2v) is 9.29. The maximum absolute atomic E-state index is 13.4. The van der Waals surface area contributed by atoms with Crippen LogP contribution in [0, 0.1) is 0 Å². The van der Waals surface area contributed by atoms with Crippen molar-refractivity contribution >= 4 is 10.0 Å². The molecule has 7 nitrogen and oxygen atoms in total. The van der Waals surface area contributed by atoms with Gasteiger partial charge in [0.25, 0.3) is 0 Å². The van der Waals surface area contributed by atoms with Gasteiger partial charge in [0.2, 0.25) is 21.7 Å². The van der Waals surface area contributed by atoms with Crippen LogP contribution in [0.5, 0.6) is 5.75 Å². The molecule has 0 aliphatic carbocycles. The van der Waals surface area contributed by atoms with Crippen molar-refractivity contribution in [1.82, 2.24) is 14.4 Å². The quantitative estimate of drug-likeness (QED) is 0.555. The zero-order valence-electron chi connectivity index (χ0n) is 17.0. The molecule has 170 valence electrons. The van der Waals surface area contributed by atoms with Crippen molar-refractivity contribution in [2.75, 3.05) is 20.2 Å². The van der Waals surface area contributed by atoms with Crippen molar-refractivity contribution in [3.63, 3.8) is 0 Å². The molecule has 0 spiro atoms. The van der Waals surface area contributed by atoms with Crippen LogP contribution in [0.4, 0.5) is 13.2 Å². The minimum Gasteiger partial charge on any atom is -0.497 e. The smallest absolute Gasteiger partial charge is 0.417 e. The molecule has 0 N–H and O–H groups in total. The number of nitrogens with zero attached hydrogens (tertiary/aromatic N) is 3. The molecule has 0 saturated carbocycles. The number of halogens is 3. The van der Waals surface area contributed by atoms with Crippen LogP contribution in [0.1, 0.15) is 30.2 Å². The van der Waals surface area contributed by atoms with Crippen LogP contribution in [0.2, 0.25) is 0 Å². The maximum Gasteiger partial charge on any atom is 0.417 e. The highest BCUT2D eigenvalue weighted by Gasteiger charge is 2.40. The van der Waals surface area contributed by atoms with Crippen molar-refractivity contribution in [2.24, 2.45) is 0 Å². The molecule has 1 aromatic heterocycles. The summed E-state index contributed by atoms with van der Waals surface area (Å²) in [5.74, 6) is 0.753. The fraction of sp³-hybridized carbons (Fsp3) is 0.333. The first kappa shape index (κ1) is 22.3. The molecule has 1 saturated heterocycles. The summed E-state index contributed by atoms with van der Waals surface area (Å²) in [6.45, 7) is 0.0656.